The van der Waals surface area contributed by atoms with Crippen LogP contribution in [0.4, 0.5) is 0 Å². The molecule has 0 spiro atoms. The van der Waals surface area contributed by atoms with E-state index >= 15 is 0 Å². The fourth-order valence-electron chi connectivity index (χ4n) is 0.651. The third-order valence-corrected chi connectivity index (χ3v) is 3.31. The van der Waals surface area contributed by atoms with Gasteiger partial charge in [-0.25, -0.2) is 0 Å². The van der Waals surface area contributed by atoms with E-state index in [1.165, 1.54) is 28.4 Å². The van der Waals surface area contributed by atoms with Gasteiger partial charge in [-0.2, -0.15) is 0 Å². The van der Waals surface area contributed by atoms with Crippen LogP contribution in [0.1, 0.15) is 0 Å². The molecule has 0 heterocycles. The lowest BCUT2D eigenvalue weighted by Gasteiger charge is -2.18. The minimum absolute atomic E-state index is 0.0903. The largest absolute Gasteiger partial charge is 0.355 e. The second-order valence-electron chi connectivity index (χ2n) is 2.06. The molecule has 74 valence electrons. The van der Waals surface area contributed by atoms with E-state index in [4.69, 9.17) is 18.5 Å². The Kier molecular flexibility index (Phi) is 5.70. The highest BCUT2D eigenvalue weighted by Gasteiger charge is 2.26. The van der Waals surface area contributed by atoms with Gasteiger partial charge in [-0.1, -0.05) is 0 Å². The fourth-order valence-corrected chi connectivity index (χ4v) is 1.76. The molecule has 0 unspecified atom stereocenters. The highest BCUT2D eigenvalue weighted by atomic mass is 31.2. The van der Waals surface area contributed by atoms with E-state index < -0.39 is 13.9 Å². The van der Waals surface area contributed by atoms with Crippen LogP contribution in [0.2, 0.25) is 0 Å². The van der Waals surface area contributed by atoms with E-state index in [1.807, 2.05) is 0 Å². The molecule has 0 aromatic carbocycles. The van der Waals surface area contributed by atoms with Crippen LogP contribution in [-0.4, -0.2) is 40.9 Å². The smallest absolute Gasteiger partial charge is 0.335 e. The molecule has 0 amide bonds. The molecular weight excluding hydrogens is 183 g/mol. The van der Waals surface area contributed by atoms with Crippen molar-refractivity contribution in [2.24, 2.45) is 0 Å². The normalized spacial score (nSPS) is 12.4. The number of ether oxygens (including phenoxy) is 2. The van der Waals surface area contributed by atoms with Crippen LogP contribution < -0.4 is 0 Å². The Morgan fingerprint density at radius 1 is 1.08 bits per heavy atom. The average Bonchev–Trinajstić information content (AvgIpc) is 2.14. The van der Waals surface area contributed by atoms with Crippen molar-refractivity contribution in [3.05, 3.63) is 0 Å². The summed E-state index contributed by atoms with van der Waals surface area (Å²) >= 11 is 0. The van der Waals surface area contributed by atoms with Crippen LogP contribution in [0.3, 0.4) is 0 Å². The van der Waals surface area contributed by atoms with E-state index in [0.29, 0.717) is 0 Å². The number of hydrogen-bond acceptors (Lipinski definition) is 5. The first kappa shape index (κ1) is 12.1. The summed E-state index contributed by atoms with van der Waals surface area (Å²) in [5.74, 6) is 0. The van der Waals surface area contributed by atoms with Crippen molar-refractivity contribution in [3.63, 3.8) is 0 Å². The molecule has 0 saturated heterocycles. The van der Waals surface area contributed by atoms with Gasteiger partial charge < -0.3 is 18.5 Å². The van der Waals surface area contributed by atoms with Crippen molar-refractivity contribution in [2.75, 3.05) is 34.6 Å². The number of rotatable bonds is 6. The predicted octanol–water partition coefficient (Wildman–Crippen LogP) is 1.09. The van der Waals surface area contributed by atoms with E-state index in [0.717, 1.165) is 0 Å². The minimum atomic E-state index is -3.02. The van der Waals surface area contributed by atoms with Gasteiger partial charge in [-0.05, 0) is 0 Å². The zero-order chi connectivity index (χ0) is 9.61. The van der Waals surface area contributed by atoms with Crippen molar-refractivity contribution in [1.82, 2.24) is 0 Å². The first-order valence-corrected chi connectivity index (χ1v) is 5.10. The molecule has 0 radical (unpaired) electrons. The zero-order valence-electron chi connectivity index (χ0n) is 7.77. The number of methoxy groups -OCH3 is 2. The Morgan fingerprint density at radius 3 is 1.75 bits per heavy atom. The molecular formula is C6H15O5P. The maximum absolute atomic E-state index is 11.5. The van der Waals surface area contributed by atoms with Gasteiger partial charge in [0.2, 0.25) is 0 Å². The maximum Gasteiger partial charge on any atom is 0.335 e. The van der Waals surface area contributed by atoms with E-state index in [2.05, 4.69) is 0 Å². The summed E-state index contributed by atoms with van der Waals surface area (Å²) in [5.41, 5.74) is 0. The Labute approximate surface area is 72.5 Å². The Morgan fingerprint density at radius 2 is 1.50 bits per heavy atom. The molecule has 0 aromatic rings. The summed E-state index contributed by atoms with van der Waals surface area (Å²) in [7, 11) is 2.56. The quantitative estimate of drug-likeness (QED) is 0.472. The van der Waals surface area contributed by atoms with Gasteiger partial charge in [-0.3, -0.25) is 4.57 Å². The van der Waals surface area contributed by atoms with Crippen LogP contribution in [0, 0.1) is 0 Å². The van der Waals surface area contributed by atoms with Crippen molar-refractivity contribution >= 4 is 7.60 Å². The Bertz CT molecular complexity index is 148. The lowest BCUT2D eigenvalue weighted by Crippen LogP contribution is -2.19. The Balaban J connectivity index is 4.09. The van der Waals surface area contributed by atoms with Crippen LogP contribution >= 0.6 is 7.60 Å². The molecule has 0 rings (SSSR count). The fraction of sp³-hybridized carbons (Fsp3) is 1.00. The highest BCUT2D eigenvalue weighted by molar-refractivity contribution is 7.53. The molecule has 0 aliphatic rings. The summed E-state index contributed by atoms with van der Waals surface area (Å²) < 4.78 is 30.6. The molecule has 0 N–H and O–H groups in total. The second kappa shape index (κ2) is 5.67. The molecule has 0 saturated carbocycles. The third-order valence-electron chi connectivity index (χ3n) is 1.45. The van der Waals surface area contributed by atoms with Gasteiger partial charge in [0, 0.05) is 28.4 Å². The lowest BCUT2D eigenvalue weighted by molar-refractivity contribution is -0.0878. The summed E-state index contributed by atoms with van der Waals surface area (Å²) in [6, 6.07) is 0. The SMILES string of the molecule is COC(CP(=O)(OC)OC)OC. The topological polar surface area (TPSA) is 54.0 Å². The monoisotopic (exact) mass is 198 g/mol. The van der Waals surface area contributed by atoms with Crippen molar-refractivity contribution < 1.29 is 23.1 Å². The first-order chi connectivity index (χ1) is 5.61. The number of hydrogen-bond donors (Lipinski definition) is 0. The minimum Gasteiger partial charge on any atom is -0.355 e. The predicted molar refractivity (Wildman–Crippen MR) is 44.3 cm³/mol. The van der Waals surface area contributed by atoms with E-state index in [1.54, 1.807) is 0 Å². The van der Waals surface area contributed by atoms with Crippen LogP contribution in [-0.2, 0) is 23.1 Å². The maximum atomic E-state index is 11.5. The van der Waals surface area contributed by atoms with Gasteiger partial charge >= 0.3 is 7.60 Å². The van der Waals surface area contributed by atoms with Crippen molar-refractivity contribution in [3.8, 4) is 0 Å². The van der Waals surface area contributed by atoms with Gasteiger partial charge in [0.15, 0.2) is 6.29 Å². The summed E-state index contributed by atoms with van der Waals surface area (Å²) in [6.45, 7) is 0. The summed E-state index contributed by atoms with van der Waals surface area (Å²) in [6.07, 6.45) is -0.469. The van der Waals surface area contributed by atoms with Gasteiger partial charge in [0.05, 0.1) is 0 Å². The lowest BCUT2D eigenvalue weighted by atomic mass is 10.7. The molecule has 0 aliphatic heterocycles. The standard InChI is InChI=1S/C6H15O5P/c1-8-6(9-2)5-12(7,10-3)11-4/h6H,5H2,1-4H3. The van der Waals surface area contributed by atoms with E-state index in [9.17, 15) is 4.57 Å². The zero-order valence-corrected chi connectivity index (χ0v) is 8.67. The molecule has 6 heteroatoms. The van der Waals surface area contributed by atoms with Gasteiger partial charge in [-0.15, -0.1) is 0 Å². The van der Waals surface area contributed by atoms with Gasteiger partial charge in [0.25, 0.3) is 0 Å². The van der Waals surface area contributed by atoms with Crippen LogP contribution in [0.5, 0.6) is 0 Å². The molecule has 0 fully saturated rings. The first-order valence-electron chi connectivity index (χ1n) is 3.38. The van der Waals surface area contributed by atoms with Crippen LogP contribution in [0.25, 0.3) is 0 Å². The molecule has 5 nitrogen and oxygen atoms in total. The van der Waals surface area contributed by atoms with Crippen molar-refractivity contribution in [2.45, 2.75) is 6.29 Å². The van der Waals surface area contributed by atoms with Crippen molar-refractivity contribution in [1.29, 1.82) is 0 Å². The van der Waals surface area contributed by atoms with Crippen LogP contribution in [0.15, 0.2) is 0 Å². The van der Waals surface area contributed by atoms with E-state index in [-0.39, 0.29) is 6.16 Å². The highest BCUT2D eigenvalue weighted by Crippen LogP contribution is 2.47. The Hall–Kier alpha value is 0.0700. The average molecular weight is 198 g/mol. The third kappa shape index (κ3) is 3.65. The van der Waals surface area contributed by atoms with Gasteiger partial charge in [0.1, 0.15) is 6.16 Å². The second-order valence-corrected chi connectivity index (χ2v) is 4.38. The molecule has 0 aliphatic carbocycles. The molecule has 0 atom stereocenters. The summed E-state index contributed by atoms with van der Waals surface area (Å²) in [5, 5.41) is 0. The molecule has 0 bridgehead atoms. The molecule has 12 heavy (non-hydrogen) atoms. The molecule has 0 aromatic heterocycles. The summed E-state index contributed by atoms with van der Waals surface area (Å²) in [4.78, 5) is 0.